The van der Waals surface area contributed by atoms with E-state index in [1.54, 1.807) is 0 Å². The maximum atomic E-state index is 10.9. The lowest BCUT2D eigenvalue weighted by molar-refractivity contribution is -0.114. The molecular formula is C13H18N2O. The van der Waals surface area contributed by atoms with E-state index in [1.807, 2.05) is 19.2 Å². The van der Waals surface area contributed by atoms with Gasteiger partial charge in [-0.1, -0.05) is 12.1 Å². The molecule has 16 heavy (non-hydrogen) atoms. The Morgan fingerprint density at radius 2 is 1.94 bits per heavy atom. The van der Waals surface area contributed by atoms with Crippen LogP contribution in [0.25, 0.3) is 0 Å². The lowest BCUT2D eigenvalue weighted by Crippen LogP contribution is -2.29. The van der Waals surface area contributed by atoms with Gasteiger partial charge in [-0.3, -0.25) is 4.79 Å². The predicted octanol–water partition coefficient (Wildman–Crippen LogP) is 1.94. The average molecular weight is 218 g/mol. The molecule has 3 heteroatoms. The minimum Gasteiger partial charge on any atom is -0.326 e. The molecule has 0 aromatic heterocycles. The molecule has 1 aromatic rings. The monoisotopic (exact) mass is 218 g/mol. The minimum absolute atomic E-state index is 0.0263. The van der Waals surface area contributed by atoms with E-state index in [9.17, 15) is 4.79 Å². The molecule has 2 N–H and O–H groups in total. The molecule has 1 fully saturated rings. The number of amides is 1. The van der Waals surface area contributed by atoms with E-state index in [4.69, 9.17) is 0 Å². The zero-order chi connectivity index (χ0) is 11.6. The van der Waals surface area contributed by atoms with Gasteiger partial charge in [-0.2, -0.15) is 0 Å². The number of hydrogen-bond acceptors (Lipinski definition) is 2. The summed E-state index contributed by atoms with van der Waals surface area (Å²) in [6.07, 6.45) is 3.59. The SMILES string of the molecule is CNC1(Cc2ccc(NC(C)=O)cc2)CC1. The molecule has 3 nitrogen and oxygen atoms in total. The second-order valence-electron chi connectivity index (χ2n) is 4.59. The van der Waals surface area contributed by atoms with Crippen LogP contribution in [0.15, 0.2) is 24.3 Å². The van der Waals surface area contributed by atoms with Crippen molar-refractivity contribution >= 4 is 11.6 Å². The summed E-state index contributed by atoms with van der Waals surface area (Å²) in [5, 5.41) is 6.15. The molecule has 0 heterocycles. The molecule has 0 saturated heterocycles. The number of hydrogen-bond donors (Lipinski definition) is 2. The van der Waals surface area contributed by atoms with Crippen LogP contribution in [0.1, 0.15) is 25.3 Å². The molecule has 0 radical (unpaired) electrons. The number of anilines is 1. The van der Waals surface area contributed by atoms with Gasteiger partial charge in [0.25, 0.3) is 0 Å². The maximum absolute atomic E-state index is 10.9. The second kappa shape index (κ2) is 4.26. The van der Waals surface area contributed by atoms with Crippen molar-refractivity contribution in [1.82, 2.24) is 5.32 Å². The van der Waals surface area contributed by atoms with Gasteiger partial charge in [-0.05, 0) is 44.0 Å². The van der Waals surface area contributed by atoms with Crippen LogP contribution in [0.2, 0.25) is 0 Å². The molecule has 2 rings (SSSR count). The molecular weight excluding hydrogens is 200 g/mol. The van der Waals surface area contributed by atoms with Crippen molar-refractivity contribution in [2.75, 3.05) is 12.4 Å². The highest BCUT2D eigenvalue weighted by Crippen LogP contribution is 2.38. The fraction of sp³-hybridized carbons (Fsp3) is 0.462. The molecule has 0 unspecified atom stereocenters. The smallest absolute Gasteiger partial charge is 0.221 e. The highest BCUT2D eigenvalue weighted by atomic mass is 16.1. The van der Waals surface area contributed by atoms with Crippen LogP contribution < -0.4 is 10.6 Å². The largest absolute Gasteiger partial charge is 0.326 e. The molecule has 1 amide bonds. The number of carbonyl (C=O) groups excluding carboxylic acids is 1. The lowest BCUT2D eigenvalue weighted by atomic mass is 10.0. The first-order valence-corrected chi connectivity index (χ1v) is 5.69. The third-order valence-corrected chi connectivity index (χ3v) is 3.20. The molecule has 1 aliphatic rings. The van der Waals surface area contributed by atoms with E-state index in [-0.39, 0.29) is 5.91 Å². The molecule has 1 saturated carbocycles. The van der Waals surface area contributed by atoms with Gasteiger partial charge >= 0.3 is 0 Å². The van der Waals surface area contributed by atoms with Gasteiger partial charge in [0.1, 0.15) is 0 Å². The summed E-state index contributed by atoms with van der Waals surface area (Å²) in [5.74, 6) is -0.0263. The van der Waals surface area contributed by atoms with E-state index in [0.29, 0.717) is 5.54 Å². The molecule has 86 valence electrons. The summed E-state index contributed by atoms with van der Waals surface area (Å²) in [4.78, 5) is 10.9. The number of carbonyl (C=O) groups is 1. The molecule has 1 aliphatic carbocycles. The van der Waals surface area contributed by atoms with E-state index >= 15 is 0 Å². The van der Waals surface area contributed by atoms with Crippen LogP contribution in [-0.2, 0) is 11.2 Å². The van der Waals surface area contributed by atoms with E-state index < -0.39 is 0 Å². The van der Waals surface area contributed by atoms with Gasteiger partial charge in [-0.25, -0.2) is 0 Å². The predicted molar refractivity (Wildman–Crippen MR) is 65.5 cm³/mol. The highest BCUT2D eigenvalue weighted by Gasteiger charge is 2.40. The van der Waals surface area contributed by atoms with Gasteiger partial charge in [0.05, 0.1) is 0 Å². The lowest BCUT2D eigenvalue weighted by Gasteiger charge is -2.14. The zero-order valence-electron chi connectivity index (χ0n) is 9.84. The summed E-state index contributed by atoms with van der Waals surface area (Å²) in [6.45, 7) is 1.52. The Labute approximate surface area is 96.2 Å². The van der Waals surface area contributed by atoms with Crippen molar-refractivity contribution in [2.24, 2.45) is 0 Å². The van der Waals surface area contributed by atoms with Gasteiger partial charge in [-0.15, -0.1) is 0 Å². The third-order valence-electron chi connectivity index (χ3n) is 3.20. The van der Waals surface area contributed by atoms with Gasteiger partial charge in [0.2, 0.25) is 5.91 Å². The zero-order valence-corrected chi connectivity index (χ0v) is 9.84. The number of nitrogens with one attached hydrogen (secondary N) is 2. The summed E-state index contributed by atoms with van der Waals surface area (Å²) in [7, 11) is 2.03. The fourth-order valence-electron chi connectivity index (χ4n) is 1.97. The van der Waals surface area contributed by atoms with Crippen molar-refractivity contribution in [1.29, 1.82) is 0 Å². The molecule has 0 spiro atoms. The van der Waals surface area contributed by atoms with Crippen LogP contribution in [0.4, 0.5) is 5.69 Å². The third kappa shape index (κ3) is 2.61. The molecule has 1 aromatic carbocycles. The van der Waals surface area contributed by atoms with Crippen LogP contribution in [-0.4, -0.2) is 18.5 Å². The second-order valence-corrected chi connectivity index (χ2v) is 4.59. The van der Waals surface area contributed by atoms with E-state index in [2.05, 4.69) is 22.8 Å². The first-order valence-electron chi connectivity index (χ1n) is 5.69. The normalized spacial score (nSPS) is 16.9. The Bertz CT molecular complexity index is 379. The van der Waals surface area contributed by atoms with Crippen molar-refractivity contribution in [2.45, 2.75) is 31.7 Å². The Morgan fingerprint density at radius 3 is 2.38 bits per heavy atom. The summed E-state index contributed by atoms with van der Waals surface area (Å²) >= 11 is 0. The van der Waals surface area contributed by atoms with Crippen molar-refractivity contribution in [3.63, 3.8) is 0 Å². The van der Waals surface area contributed by atoms with Crippen LogP contribution in [0.3, 0.4) is 0 Å². The van der Waals surface area contributed by atoms with Crippen molar-refractivity contribution in [3.05, 3.63) is 29.8 Å². The Hall–Kier alpha value is -1.35. The van der Waals surface area contributed by atoms with Crippen molar-refractivity contribution in [3.8, 4) is 0 Å². The Balaban J connectivity index is 1.99. The Kier molecular flexibility index (Phi) is 2.97. The minimum atomic E-state index is -0.0263. The van der Waals surface area contributed by atoms with Crippen LogP contribution in [0, 0.1) is 0 Å². The van der Waals surface area contributed by atoms with E-state index in [0.717, 1.165) is 12.1 Å². The quantitative estimate of drug-likeness (QED) is 0.811. The van der Waals surface area contributed by atoms with Gasteiger partial charge in [0, 0.05) is 18.2 Å². The van der Waals surface area contributed by atoms with Crippen LogP contribution in [0.5, 0.6) is 0 Å². The first-order chi connectivity index (χ1) is 7.63. The Morgan fingerprint density at radius 1 is 1.31 bits per heavy atom. The average Bonchev–Trinajstić information content (AvgIpc) is 3.01. The molecule has 0 aliphatic heterocycles. The van der Waals surface area contributed by atoms with Gasteiger partial charge < -0.3 is 10.6 Å². The fourth-order valence-corrected chi connectivity index (χ4v) is 1.97. The standard InChI is InChI=1S/C13H18N2O/c1-10(16)15-12-5-3-11(4-6-12)9-13(14-2)7-8-13/h3-6,14H,7-9H2,1-2H3,(H,15,16). The van der Waals surface area contributed by atoms with Gasteiger partial charge in [0.15, 0.2) is 0 Å². The van der Waals surface area contributed by atoms with Crippen molar-refractivity contribution < 1.29 is 4.79 Å². The number of likely N-dealkylation sites (N-methyl/N-ethyl adjacent to an activating group) is 1. The van der Waals surface area contributed by atoms with E-state index in [1.165, 1.54) is 25.3 Å². The summed E-state index contributed by atoms with van der Waals surface area (Å²) in [6, 6.07) is 8.09. The maximum Gasteiger partial charge on any atom is 0.221 e. The van der Waals surface area contributed by atoms with Crippen LogP contribution >= 0.6 is 0 Å². The summed E-state index contributed by atoms with van der Waals surface area (Å²) < 4.78 is 0. The molecule has 0 atom stereocenters. The first kappa shape index (κ1) is 11.1. The summed E-state index contributed by atoms with van der Waals surface area (Å²) in [5.41, 5.74) is 2.53. The molecule has 0 bridgehead atoms. The topological polar surface area (TPSA) is 41.1 Å². The highest BCUT2D eigenvalue weighted by molar-refractivity contribution is 5.88. The number of benzene rings is 1. The number of rotatable bonds is 4.